The first kappa shape index (κ1) is 13.3. The second-order valence-corrected chi connectivity index (χ2v) is 4.03. The molecule has 0 aliphatic carbocycles. The Balaban J connectivity index is 2.70. The average molecular weight is 262 g/mol. The first-order valence-corrected chi connectivity index (χ1v) is 5.45. The van der Waals surface area contributed by atoms with Gasteiger partial charge in [0.15, 0.2) is 0 Å². The van der Waals surface area contributed by atoms with Crippen molar-refractivity contribution >= 4 is 29.1 Å². The van der Waals surface area contributed by atoms with Crippen LogP contribution in [-0.2, 0) is 11.2 Å². The van der Waals surface area contributed by atoms with E-state index in [1.165, 1.54) is 0 Å². The molecule has 0 fully saturated rings. The van der Waals surface area contributed by atoms with Gasteiger partial charge in [-0.05, 0) is 24.7 Å². The van der Waals surface area contributed by atoms with Crippen LogP contribution in [0.3, 0.4) is 0 Å². The Kier molecular flexibility index (Phi) is 5.02. The van der Waals surface area contributed by atoms with E-state index < -0.39 is 6.29 Å². The standard InChI is InChI=1S/C10H13Cl2N3O/c1-14-10(13)15-9(16)5-6-7(11)3-2-4-8(6)12/h2-4,10,14H,5,13H2,1H3,(H,15,16). The molecule has 0 spiro atoms. The van der Waals surface area contributed by atoms with Gasteiger partial charge < -0.3 is 5.32 Å². The number of nitrogens with one attached hydrogen (secondary N) is 2. The van der Waals surface area contributed by atoms with Crippen molar-refractivity contribution in [2.24, 2.45) is 5.73 Å². The van der Waals surface area contributed by atoms with Gasteiger partial charge in [-0.25, -0.2) is 0 Å². The van der Waals surface area contributed by atoms with E-state index in [0.717, 1.165) is 0 Å². The monoisotopic (exact) mass is 261 g/mol. The normalized spacial score (nSPS) is 12.2. The second kappa shape index (κ2) is 6.06. The van der Waals surface area contributed by atoms with Crippen LogP contribution in [-0.4, -0.2) is 19.2 Å². The van der Waals surface area contributed by atoms with Crippen LogP contribution < -0.4 is 16.4 Å². The van der Waals surface area contributed by atoms with Gasteiger partial charge in [0.05, 0.1) is 6.42 Å². The molecule has 4 nitrogen and oxygen atoms in total. The van der Waals surface area contributed by atoms with Crippen molar-refractivity contribution in [3.8, 4) is 0 Å². The lowest BCUT2D eigenvalue weighted by molar-refractivity contribution is -0.121. The third-order valence-corrected chi connectivity index (χ3v) is 2.73. The van der Waals surface area contributed by atoms with Crippen LogP contribution in [0.2, 0.25) is 10.0 Å². The molecule has 0 radical (unpaired) electrons. The van der Waals surface area contributed by atoms with E-state index in [2.05, 4.69) is 10.6 Å². The van der Waals surface area contributed by atoms with Crippen molar-refractivity contribution in [3.05, 3.63) is 33.8 Å². The summed E-state index contributed by atoms with van der Waals surface area (Å²) in [6.07, 6.45) is -0.470. The Morgan fingerprint density at radius 2 is 2.00 bits per heavy atom. The van der Waals surface area contributed by atoms with Gasteiger partial charge in [0, 0.05) is 10.0 Å². The van der Waals surface area contributed by atoms with Crippen molar-refractivity contribution < 1.29 is 4.79 Å². The van der Waals surface area contributed by atoms with Crippen LogP contribution in [0, 0.1) is 0 Å². The number of hydrogen-bond acceptors (Lipinski definition) is 3. The smallest absolute Gasteiger partial charge is 0.226 e. The molecule has 4 N–H and O–H groups in total. The van der Waals surface area contributed by atoms with Crippen molar-refractivity contribution in [2.75, 3.05) is 7.05 Å². The van der Waals surface area contributed by atoms with Crippen LogP contribution in [0.25, 0.3) is 0 Å². The molecule has 1 unspecified atom stereocenters. The van der Waals surface area contributed by atoms with Gasteiger partial charge in [0.1, 0.15) is 6.29 Å². The fraction of sp³-hybridized carbons (Fsp3) is 0.300. The summed E-state index contributed by atoms with van der Waals surface area (Å²) in [7, 11) is 1.65. The summed E-state index contributed by atoms with van der Waals surface area (Å²) in [5.74, 6) is -0.239. The maximum absolute atomic E-state index is 11.5. The molecule has 1 rings (SSSR count). The zero-order chi connectivity index (χ0) is 12.1. The predicted octanol–water partition coefficient (Wildman–Crippen LogP) is 1.11. The molecule has 1 aromatic carbocycles. The minimum absolute atomic E-state index is 0.105. The van der Waals surface area contributed by atoms with Crippen LogP contribution in [0.4, 0.5) is 0 Å². The lowest BCUT2D eigenvalue weighted by atomic mass is 10.1. The van der Waals surface area contributed by atoms with E-state index in [4.69, 9.17) is 28.9 Å². The number of rotatable bonds is 4. The number of amides is 1. The molecule has 0 aliphatic rings. The highest BCUT2D eigenvalue weighted by molar-refractivity contribution is 6.36. The highest BCUT2D eigenvalue weighted by Gasteiger charge is 2.11. The third-order valence-electron chi connectivity index (χ3n) is 2.03. The van der Waals surface area contributed by atoms with E-state index >= 15 is 0 Å². The summed E-state index contributed by atoms with van der Waals surface area (Å²) in [5.41, 5.74) is 6.10. The van der Waals surface area contributed by atoms with Gasteiger partial charge in [-0.2, -0.15) is 0 Å². The summed E-state index contributed by atoms with van der Waals surface area (Å²) >= 11 is 11.9. The molecule has 0 bridgehead atoms. The third kappa shape index (κ3) is 3.64. The molecule has 0 saturated heterocycles. The van der Waals surface area contributed by atoms with Crippen LogP contribution >= 0.6 is 23.2 Å². The lowest BCUT2D eigenvalue weighted by Crippen LogP contribution is -2.50. The Morgan fingerprint density at radius 1 is 1.44 bits per heavy atom. The van der Waals surface area contributed by atoms with E-state index in [1.54, 1.807) is 25.2 Å². The molecule has 16 heavy (non-hydrogen) atoms. The van der Waals surface area contributed by atoms with Gasteiger partial charge in [0.2, 0.25) is 5.91 Å². The number of benzene rings is 1. The minimum atomic E-state index is -0.575. The molecule has 88 valence electrons. The molecule has 0 aromatic heterocycles. The van der Waals surface area contributed by atoms with Gasteiger partial charge >= 0.3 is 0 Å². The number of carbonyl (C=O) groups is 1. The SMILES string of the molecule is CNC(N)NC(=O)Cc1c(Cl)cccc1Cl. The summed E-state index contributed by atoms with van der Waals surface area (Å²) in [6, 6.07) is 5.10. The molecule has 1 atom stereocenters. The van der Waals surface area contributed by atoms with Gasteiger partial charge in [-0.3, -0.25) is 15.8 Å². The fourth-order valence-corrected chi connectivity index (χ4v) is 1.69. The maximum Gasteiger partial charge on any atom is 0.226 e. The number of carbonyl (C=O) groups excluding carboxylic acids is 1. The highest BCUT2D eigenvalue weighted by atomic mass is 35.5. The summed E-state index contributed by atoms with van der Waals surface area (Å²) in [6.45, 7) is 0. The number of nitrogens with two attached hydrogens (primary N) is 1. The first-order chi connectivity index (χ1) is 7.54. The minimum Gasteiger partial charge on any atom is -0.328 e. The average Bonchev–Trinajstić information content (AvgIpc) is 2.23. The molecule has 1 aromatic rings. The van der Waals surface area contributed by atoms with E-state index in [0.29, 0.717) is 15.6 Å². The van der Waals surface area contributed by atoms with Crippen LogP contribution in [0.5, 0.6) is 0 Å². The Labute approximate surface area is 104 Å². The summed E-state index contributed by atoms with van der Waals surface area (Å²) in [4.78, 5) is 11.5. The molecular weight excluding hydrogens is 249 g/mol. The lowest BCUT2D eigenvalue weighted by Gasteiger charge is -2.13. The zero-order valence-electron chi connectivity index (χ0n) is 8.76. The largest absolute Gasteiger partial charge is 0.328 e. The van der Waals surface area contributed by atoms with Crippen molar-refractivity contribution in [3.63, 3.8) is 0 Å². The molecule has 1 amide bonds. The van der Waals surface area contributed by atoms with Gasteiger partial charge in [0.25, 0.3) is 0 Å². The van der Waals surface area contributed by atoms with Crippen molar-refractivity contribution in [1.82, 2.24) is 10.6 Å². The Morgan fingerprint density at radius 3 is 2.50 bits per heavy atom. The summed E-state index contributed by atoms with van der Waals surface area (Å²) < 4.78 is 0. The molecule has 0 aliphatic heterocycles. The van der Waals surface area contributed by atoms with Gasteiger partial charge in [-0.1, -0.05) is 29.3 Å². The van der Waals surface area contributed by atoms with Gasteiger partial charge in [-0.15, -0.1) is 0 Å². The van der Waals surface area contributed by atoms with Crippen LogP contribution in [0.1, 0.15) is 5.56 Å². The Hall–Kier alpha value is -0.810. The zero-order valence-corrected chi connectivity index (χ0v) is 10.3. The summed E-state index contributed by atoms with van der Waals surface area (Å²) in [5, 5.41) is 6.18. The van der Waals surface area contributed by atoms with E-state index in [9.17, 15) is 4.79 Å². The van der Waals surface area contributed by atoms with Crippen molar-refractivity contribution in [2.45, 2.75) is 12.7 Å². The molecule has 6 heteroatoms. The van der Waals surface area contributed by atoms with E-state index in [-0.39, 0.29) is 12.3 Å². The van der Waals surface area contributed by atoms with Crippen LogP contribution in [0.15, 0.2) is 18.2 Å². The Bertz CT molecular complexity index is 364. The quantitative estimate of drug-likeness (QED) is 0.712. The molecular formula is C10H13Cl2N3O. The topological polar surface area (TPSA) is 67.2 Å². The first-order valence-electron chi connectivity index (χ1n) is 4.69. The van der Waals surface area contributed by atoms with E-state index in [1.807, 2.05) is 0 Å². The fourth-order valence-electron chi connectivity index (χ4n) is 1.16. The molecule has 0 heterocycles. The second-order valence-electron chi connectivity index (χ2n) is 3.21. The highest BCUT2D eigenvalue weighted by Crippen LogP contribution is 2.24. The number of halogens is 2. The predicted molar refractivity (Wildman–Crippen MR) is 65.3 cm³/mol. The maximum atomic E-state index is 11.5. The number of hydrogen-bond donors (Lipinski definition) is 3. The van der Waals surface area contributed by atoms with Crippen molar-refractivity contribution in [1.29, 1.82) is 0 Å². The molecule has 0 saturated carbocycles.